The summed E-state index contributed by atoms with van der Waals surface area (Å²) in [5, 5.41) is 2.87. The van der Waals surface area contributed by atoms with E-state index in [1.807, 2.05) is 10.4 Å². The minimum Gasteiger partial charge on any atom is -0.158 e. The molecule has 0 fully saturated rings. The van der Waals surface area contributed by atoms with Gasteiger partial charge in [-0.2, -0.15) is 10.5 Å². The van der Waals surface area contributed by atoms with Crippen LogP contribution >= 0.6 is 10.5 Å². The first kappa shape index (κ1) is 63.7. The van der Waals surface area contributed by atoms with Gasteiger partial charge in [-0.15, -0.1) is 0 Å². The van der Waals surface area contributed by atoms with Crippen molar-refractivity contribution >= 4 is 15.3 Å². The molecule has 0 amide bonds. The van der Waals surface area contributed by atoms with E-state index >= 15 is 0 Å². The third kappa shape index (κ3) is 43.7. The van der Waals surface area contributed by atoms with Crippen molar-refractivity contribution in [2.45, 2.75) is 381 Å². The van der Waals surface area contributed by atoms with Gasteiger partial charge in [0.25, 0.3) is 0 Å². The summed E-state index contributed by atoms with van der Waals surface area (Å²) in [6, 6.07) is 0. The molecule has 0 aliphatic carbocycles. The predicted molar refractivity (Wildman–Crippen MR) is 310 cm³/mol. The van der Waals surface area contributed by atoms with Gasteiger partial charge in [0, 0.05) is 0 Å². The lowest BCUT2D eigenvalue weighted by Crippen LogP contribution is -2.09. The normalized spacial score (nSPS) is 14.1. The molecule has 0 radical (unpaired) electrons. The zero-order chi connectivity index (χ0) is 47.3. The molecule has 0 saturated heterocycles. The van der Waals surface area contributed by atoms with Crippen LogP contribution in [-0.4, -0.2) is 10.6 Å². The first-order valence-corrected chi connectivity index (χ1v) is 33.2. The number of rotatable bonds is 56. The second-order valence-corrected chi connectivity index (χ2v) is 24.1. The second-order valence-electron chi connectivity index (χ2n) is 22.1. The van der Waals surface area contributed by atoms with Gasteiger partial charge in [0.05, 0.1) is 0 Å². The molecule has 1 heterocycles. The SMILES string of the molecule is CCCCCCCCCCCCCCCC1=CS(CCCCCCCCCCCCCCC)=C(CCCCCCCCCCCCCCC)C(CCCCCCCCCCCCCCC)=C1. The van der Waals surface area contributed by atoms with Crippen LogP contribution in [0.3, 0.4) is 0 Å². The fraction of sp³-hybridized carbons (Fsp3) is 0.923. The largest absolute Gasteiger partial charge is 0.158 e. The molecule has 0 aromatic carbocycles. The molecular weight excluding hydrogens is 813 g/mol. The van der Waals surface area contributed by atoms with E-state index in [0.717, 1.165) is 0 Å². The summed E-state index contributed by atoms with van der Waals surface area (Å²) in [4.78, 5) is 1.94. The molecule has 0 spiro atoms. The molecule has 0 bridgehead atoms. The smallest absolute Gasteiger partial charge is 0.00762 e. The lowest BCUT2D eigenvalue weighted by Gasteiger charge is -2.24. The summed E-state index contributed by atoms with van der Waals surface area (Å²) in [5.74, 6) is 1.45. The molecule has 0 aromatic rings. The summed E-state index contributed by atoms with van der Waals surface area (Å²) in [6.45, 7) is 9.33. The van der Waals surface area contributed by atoms with Crippen molar-refractivity contribution in [3.63, 3.8) is 0 Å². The predicted octanol–water partition coefficient (Wildman–Crippen LogP) is 24.8. The molecule has 1 aliphatic heterocycles. The highest BCUT2D eigenvalue weighted by molar-refractivity contribution is 8.18. The molecule has 66 heavy (non-hydrogen) atoms. The molecule has 392 valence electrons. The Morgan fingerprint density at radius 2 is 0.470 bits per heavy atom. The third-order valence-corrected chi connectivity index (χ3v) is 17.8. The van der Waals surface area contributed by atoms with E-state index in [9.17, 15) is 0 Å². The molecule has 1 rings (SSSR count). The number of hydrogen-bond donors (Lipinski definition) is 0. The van der Waals surface area contributed by atoms with E-state index in [1.54, 1.807) is 5.57 Å². The Morgan fingerprint density at radius 3 is 0.758 bits per heavy atom. The molecule has 0 saturated carbocycles. The molecule has 1 unspecified atom stereocenters. The summed E-state index contributed by atoms with van der Waals surface area (Å²) < 4.78 is 0. The van der Waals surface area contributed by atoms with E-state index in [1.165, 1.54) is 359 Å². The lowest BCUT2D eigenvalue weighted by atomic mass is 9.95. The van der Waals surface area contributed by atoms with Crippen molar-refractivity contribution in [2.75, 3.05) is 5.75 Å². The Kier molecular flexibility index (Phi) is 52.2. The van der Waals surface area contributed by atoms with Gasteiger partial charge in [-0.25, -0.2) is 0 Å². The van der Waals surface area contributed by atoms with Gasteiger partial charge >= 0.3 is 0 Å². The number of allylic oxidation sites excluding steroid dienone is 3. The number of unbranched alkanes of at least 4 members (excludes halogenated alkanes) is 48. The quantitative estimate of drug-likeness (QED) is 0.0421. The first-order chi connectivity index (χ1) is 32.8. The zero-order valence-corrected chi connectivity index (χ0v) is 47.5. The Morgan fingerprint density at radius 1 is 0.242 bits per heavy atom. The number of hydrogen-bond acceptors (Lipinski definition) is 0. The Hall–Kier alpha value is -0.300. The van der Waals surface area contributed by atoms with E-state index in [2.05, 4.69) is 39.2 Å². The van der Waals surface area contributed by atoms with Crippen LogP contribution in [0.25, 0.3) is 0 Å². The highest BCUT2D eigenvalue weighted by Gasteiger charge is 2.16. The van der Waals surface area contributed by atoms with Gasteiger partial charge in [-0.3, -0.25) is 0 Å². The molecule has 1 heteroatoms. The lowest BCUT2D eigenvalue weighted by molar-refractivity contribution is 0.539. The van der Waals surface area contributed by atoms with Crippen LogP contribution in [0.4, 0.5) is 0 Å². The van der Waals surface area contributed by atoms with Gasteiger partial charge in [-0.1, -0.05) is 342 Å². The van der Waals surface area contributed by atoms with Crippen LogP contribution in [0.2, 0.25) is 0 Å². The fourth-order valence-corrected chi connectivity index (χ4v) is 13.3. The van der Waals surface area contributed by atoms with Gasteiger partial charge in [0.2, 0.25) is 0 Å². The topological polar surface area (TPSA) is 0 Å². The molecule has 1 aliphatic rings. The van der Waals surface area contributed by atoms with Crippen molar-refractivity contribution < 1.29 is 0 Å². The van der Waals surface area contributed by atoms with E-state index in [0.29, 0.717) is 10.5 Å². The maximum atomic E-state index is 2.87. The second kappa shape index (κ2) is 54.0. The standard InChI is InChI=1S/C65H126S/c1-5-9-13-17-21-25-29-33-37-41-45-49-53-57-63-61-64(58-54-50-46-42-38-34-30-26-22-18-14-10-6-2)65(59-55-51-47-43-39-35-31-27-23-19-15-11-7-3)66(62-63)60-56-52-48-44-40-36-32-28-24-20-16-12-8-4/h61-62H,5-60H2,1-4H3. The highest BCUT2D eigenvalue weighted by atomic mass is 32.2. The van der Waals surface area contributed by atoms with Gasteiger partial charge < -0.3 is 0 Å². The van der Waals surface area contributed by atoms with Crippen molar-refractivity contribution in [3.05, 3.63) is 22.6 Å². The molecule has 1 atom stereocenters. The average molecular weight is 940 g/mol. The Labute approximate surface area is 422 Å². The van der Waals surface area contributed by atoms with Gasteiger partial charge in [0.1, 0.15) is 0 Å². The van der Waals surface area contributed by atoms with Crippen LogP contribution < -0.4 is 0 Å². The molecule has 0 nitrogen and oxygen atoms in total. The molecule has 0 aromatic heterocycles. The highest BCUT2D eigenvalue weighted by Crippen LogP contribution is 2.36. The maximum absolute atomic E-state index is 2.87. The fourth-order valence-electron chi connectivity index (χ4n) is 10.8. The summed E-state index contributed by atoms with van der Waals surface area (Å²) in [6.07, 6.45) is 82.7. The van der Waals surface area contributed by atoms with Crippen molar-refractivity contribution in [1.29, 1.82) is 0 Å². The summed E-state index contributed by atoms with van der Waals surface area (Å²) in [7, 11) is 0.379. The third-order valence-electron chi connectivity index (χ3n) is 15.4. The van der Waals surface area contributed by atoms with E-state index < -0.39 is 0 Å². The van der Waals surface area contributed by atoms with Crippen LogP contribution in [0.5, 0.6) is 0 Å². The van der Waals surface area contributed by atoms with Crippen LogP contribution in [-0.2, 0) is 0 Å². The summed E-state index contributed by atoms with van der Waals surface area (Å²) >= 11 is 0. The Bertz CT molecular complexity index is 1040. The monoisotopic (exact) mass is 939 g/mol. The van der Waals surface area contributed by atoms with Crippen molar-refractivity contribution in [1.82, 2.24) is 0 Å². The average Bonchev–Trinajstić information content (AvgIpc) is 3.32. The van der Waals surface area contributed by atoms with E-state index in [-0.39, 0.29) is 0 Å². The van der Waals surface area contributed by atoms with Crippen LogP contribution in [0.15, 0.2) is 22.6 Å². The van der Waals surface area contributed by atoms with Crippen LogP contribution in [0.1, 0.15) is 381 Å². The maximum Gasteiger partial charge on any atom is -0.00762 e. The van der Waals surface area contributed by atoms with Gasteiger partial charge in [0.15, 0.2) is 0 Å². The molecule has 0 N–H and O–H groups in total. The van der Waals surface area contributed by atoms with Crippen LogP contribution in [0, 0.1) is 0 Å². The zero-order valence-electron chi connectivity index (χ0n) is 46.7. The Balaban J connectivity index is 2.74. The van der Waals surface area contributed by atoms with E-state index in [4.69, 9.17) is 0 Å². The molecular formula is C65H126S. The first-order valence-electron chi connectivity index (χ1n) is 31.7. The van der Waals surface area contributed by atoms with Crippen molar-refractivity contribution in [2.24, 2.45) is 0 Å². The van der Waals surface area contributed by atoms with Crippen molar-refractivity contribution in [3.8, 4) is 0 Å². The van der Waals surface area contributed by atoms with Gasteiger partial charge in [-0.05, 0) is 72.1 Å². The minimum atomic E-state index is 0.379. The summed E-state index contributed by atoms with van der Waals surface area (Å²) in [5.41, 5.74) is 3.58. The minimum absolute atomic E-state index is 0.379.